The Morgan fingerprint density at radius 1 is 1.18 bits per heavy atom. The summed E-state index contributed by atoms with van der Waals surface area (Å²) in [6.45, 7) is 0.798. The Hall–Kier alpha value is -4.02. The number of aromatic nitrogens is 1. The van der Waals surface area contributed by atoms with E-state index in [0.717, 1.165) is 12.1 Å². The predicted molar refractivity (Wildman–Crippen MR) is 109 cm³/mol. The first-order valence-corrected chi connectivity index (χ1v) is 9.72. The standard InChI is InChI=1S/C22H17F3N2O6/c1-10-2-7-13-17-19(10)33-14(11-3-5-12(6-4-11)22(23,24)25)9-27(17)21(32)16(18(13)30)20(31)26-8-15(28)29/h2-7,14,30H,8-9H2,1H3,(H,26,31)(H,28,29). The zero-order chi connectivity index (χ0) is 24.1. The van der Waals surface area contributed by atoms with Gasteiger partial charge in [0, 0.05) is 5.39 Å². The highest BCUT2D eigenvalue weighted by Gasteiger charge is 2.33. The maximum absolute atomic E-state index is 13.2. The number of carbonyl (C=O) groups excluding carboxylic acids is 1. The van der Waals surface area contributed by atoms with E-state index in [2.05, 4.69) is 5.32 Å². The highest BCUT2D eigenvalue weighted by Crippen LogP contribution is 2.41. The summed E-state index contributed by atoms with van der Waals surface area (Å²) < 4.78 is 45.9. The lowest BCUT2D eigenvalue weighted by atomic mass is 10.0. The van der Waals surface area contributed by atoms with Crippen molar-refractivity contribution in [2.45, 2.75) is 25.7 Å². The molecule has 4 rings (SSSR count). The normalized spacial score (nSPS) is 15.2. The molecule has 3 aromatic rings. The molecule has 172 valence electrons. The number of amides is 1. The number of nitrogens with one attached hydrogen (secondary N) is 1. The second-order valence-corrected chi connectivity index (χ2v) is 7.55. The Bertz CT molecular complexity index is 1350. The molecule has 2 aromatic carbocycles. The van der Waals surface area contributed by atoms with Crippen molar-refractivity contribution in [1.29, 1.82) is 0 Å². The van der Waals surface area contributed by atoms with Crippen molar-refractivity contribution in [3.8, 4) is 11.5 Å². The number of hydrogen-bond acceptors (Lipinski definition) is 5. The number of aryl methyl sites for hydroxylation is 1. The van der Waals surface area contributed by atoms with Gasteiger partial charge in [0.05, 0.1) is 17.6 Å². The first-order valence-electron chi connectivity index (χ1n) is 9.72. The van der Waals surface area contributed by atoms with Crippen LogP contribution in [0.5, 0.6) is 11.5 Å². The lowest BCUT2D eigenvalue weighted by Crippen LogP contribution is -2.38. The second kappa shape index (κ2) is 7.84. The van der Waals surface area contributed by atoms with Crippen LogP contribution in [0.2, 0.25) is 0 Å². The second-order valence-electron chi connectivity index (χ2n) is 7.55. The van der Waals surface area contributed by atoms with Gasteiger partial charge >= 0.3 is 12.1 Å². The number of carbonyl (C=O) groups is 2. The summed E-state index contributed by atoms with van der Waals surface area (Å²) in [5, 5.41) is 21.6. The van der Waals surface area contributed by atoms with Crippen molar-refractivity contribution in [1.82, 2.24) is 9.88 Å². The van der Waals surface area contributed by atoms with Crippen LogP contribution in [0, 0.1) is 6.92 Å². The molecule has 0 fully saturated rings. The number of carboxylic acid groups (broad SMARTS) is 1. The van der Waals surface area contributed by atoms with E-state index in [9.17, 15) is 32.7 Å². The number of nitrogens with zero attached hydrogens (tertiary/aromatic N) is 1. The van der Waals surface area contributed by atoms with Gasteiger partial charge < -0.3 is 20.3 Å². The molecular formula is C22H17F3N2O6. The first kappa shape index (κ1) is 22.2. The summed E-state index contributed by atoms with van der Waals surface area (Å²) in [5.74, 6) is -2.77. The topological polar surface area (TPSA) is 118 Å². The summed E-state index contributed by atoms with van der Waals surface area (Å²) in [7, 11) is 0. The summed E-state index contributed by atoms with van der Waals surface area (Å²) in [5.41, 5.74) is -1.13. The predicted octanol–water partition coefficient (Wildman–Crippen LogP) is 2.98. The molecule has 0 aliphatic carbocycles. The molecule has 33 heavy (non-hydrogen) atoms. The van der Waals surface area contributed by atoms with Crippen LogP contribution in [0.25, 0.3) is 10.9 Å². The fourth-order valence-electron chi connectivity index (χ4n) is 3.78. The average Bonchev–Trinajstić information content (AvgIpc) is 2.76. The van der Waals surface area contributed by atoms with Crippen LogP contribution in [0.3, 0.4) is 0 Å². The fraction of sp³-hybridized carbons (Fsp3) is 0.227. The van der Waals surface area contributed by atoms with E-state index < -0.39 is 53.1 Å². The summed E-state index contributed by atoms with van der Waals surface area (Å²) in [6.07, 6.45) is -5.35. The van der Waals surface area contributed by atoms with Crippen molar-refractivity contribution in [2.24, 2.45) is 0 Å². The van der Waals surface area contributed by atoms with Crippen molar-refractivity contribution in [3.63, 3.8) is 0 Å². The Kier molecular flexibility index (Phi) is 5.27. The van der Waals surface area contributed by atoms with Gasteiger partial charge in [0.25, 0.3) is 11.5 Å². The Morgan fingerprint density at radius 2 is 1.85 bits per heavy atom. The lowest BCUT2D eigenvalue weighted by Gasteiger charge is -2.30. The van der Waals surface area contributed by atoms with Gasteiger partial charge in [-0.05, 0) is 36.2 Å². The van der Waals surface area contributed by atoms with E-state index in [4.69, 9.17) is 9.84 Å². The van der Waals surface area contributed by atoms with E-state index in [-0.39, 0.29) is 23.2 Å². The number of pyridine rings is 1. The number of carboxylic acids is 1. The third kappa shape index (κ3) is 3.86. The molecule has 0 saturated carbocycles. The maximum Gasteiger partial charge on any atom is 0.416 e. The van der Waals surface area contributed by atoms with Gasteiger partial charge in [0.15, 0.2) is 0 Å². The number of aliphatic carboxylic acids is 1. The van der Waals surface area contributed by atoms with Crippen molar-refractivity contribution in [3.05, 3.63) is 69.0 Å². The number of halogens is 3. The molecule has 1 unspecified atom stereocenters. The smallest absolute Gasteiger partial charge is 0.416 e. The quantitative estimate of drug-likeness (QED) is 0.549. The third-order valence-corrected chi connectivity index (χ3v) is 5.39. The molecule has 2 heterocycles. The molecule has 8 nitrogen and oxygen atoms in total. The Balaban J connectivity index is 1.84. The summed E-state index contributed by atoms with van der Waals surface area (Å²) in [4.78, 5) is 36.4. The first-order chi connectivity index (χ1) is 15.5. The van der Waals surface area contributed by atoms with Crippen LogP contribution in [0.15, 0.2) is 41.2 Å². The number of ether oxygens (including phenoxy) is 1. The number of hydrogen-bond donors (Lipinski definition) is 3. The van der Waals surface area contributed by atoms with Crippen molar-refractivity contribution >= 4 is 22.8 Å². The fourth-order valence-corrected chi connectivity index (χ4v) is 3.78. The van der Waals surface area contributed by atoms with Crippen LogP contribution in [-0.4, -0.2) is 33.2 Å². The molecule has 1 aliphatic heterocycles. The monoisotopic (exact) mass is 462 g/mol. The molecular weight excluding hydrogens is 445 g/mol. The number of rotatable bonds is 4. The minimum Gasteiger partial charge on any atom is -0.506 e. The molecule has 1 aromatic heterocycles. The van der Waals surface area contributed by atoms with Crippen molar-refractivity contribution < 1.29 is 37.7 Å². The lowest BCUT2D eigenvalue weighted by molar-refractivity contribution is -0.138. The van der Waals surface area contributed by atoms with E-state index in [1.54, 1.807) is 13.0 Å². The number of aromatic hydroxyl groups is 1. The van der Waals surface area contributed by atoms with E-state index in [0.29, 0.717) is 11.1 Å². The Morgan fingerprint density at radius 3 is 2.45 bits per heavy atom. The molecule has 0 radical (unpaired) electrons. The molecule has 0 saturated heterocycles. The molecule has 3 N–H and O–H groups in total. The largest absolute Gasteiger partial charge is 0.506 e. The van der Waals surface area contributed by atoms with E-state index in [1.165, 1.54) is 22.8 Å². The van der Waals surface area contributed by atoms with Gasteiger partial charge in [-0.15, -0.1) is 0 Å². The van der Waals surface area contributed by atoms with Crippen LogP contribution in [-0.2, 0) is 17.5 Å². The van der Waals surface area contributed by atoms with Crippen LogP contribution >= 0.6 is 0 Å². The van der Waals surface area contributed by atoms with Gasteiger partial charge in [0.2, 0.25) is 0 Å². The zero-order valence-corrected chi connectivity index (χ0v) is 17.1. The summed E-state index contributed by atoms with van der Waals surface area (Å²) in [6, 6.07) is 7.41. The minimum atomic E-state index is -4.51. The van der Waals surface area contributed by atoms with Gasteiger partial charge in [-0.1, -0.05) is 18.2 Å². The number of benzene rings is 2. The zero-order valence-electron chi connectivity index (χ0n) is 17.1. The van der Waals surface area contributed by atoms with Gasteiger partial charge in [-0.2, -0.15) is 13.2 Å². The minimum absolute atomic E-state index is 0.140. The van der Waals surface area contributed by atoms with E-state index >= 15 is 0 Å². The van der Waals surface area contributed by atoms with Crippen molar-refractivity contribution in [2.75, 3.05) is 6.54 Å². The molecule has 11 heteroatoms. The SMILES string of the molecule is Cc1ccc2c(O)c(C(=O)NCC(=O)O)c(=O)n3c2c1OC(c1ccc(C(F)(F)F)cc1)C3. The van der Waals surface area contributed by atoms with Gasteiger partial charge in [-0.3, -0.25) is 19.0 Å². The van der Waals surface area contributed by atoms with E-state index in [1.807, 2.05) is 0 Å². The highest BCUT2D eigenvalue weighted by atomic mass is 19.4. The molecule has 1 atom stereocenters. The van der Waals surface area contributed by atoms with Gasteiger partial charge in [-0.25, -0.2) is 0 Å². The summed E-state index contributed by atoms with van der Waals surface area (Å²) >= 11 is 0. The molecule has 1 aliphatic rings. The molecule has 0 bridgehead atoms. The van der Waals surface area contributed by atoms with Gasteiger partial charge in [0.1, 0.15) is 29.7 Å². The van der Waals surface area contributed by atoms with Crippen LogP contribution in [0.4, 0.5) is 13.2 Å². The number of alkyl halides is 3. The third-order valence-electron chi connectivity index (χ3n) is 5.39. The molecule has 0 spiro atoms. The average molecular weight is 462 g/mol. The van der Waals surface area contributed by atoms with Crippen LogP contribution in [0.1, 0.15) is 33.2 Å². The van der Waals surface area contributed by atoms with Crippen LogP contribution < -0.4 is 15.6 Å². The molecule has 1 amide bonds. The highest BCUT2D eigenvalue weighted by molar-refractivity contribution is 6.04. The Labute approximate surface area is 183 Å². The maximum atomic E-state index is 13.2.